The molecule has 1 N–H and O–H groups in total. The highest BCUT2D eigenvalue weighted by Gasteiger charge is 2.39. The number of hydrogen-bond donors (Lipinski definition) is 1. The van der Waals surface area contributed by atoms with E-state index in [0.29, 0.717) is 54.9 Å². The van der Waals surface area contributed by atoms with Crippen molar-refractivity contribution >= 4 is 21.9 Å². The molecule has 3 heterocycles. The first-order chi connectivity index (χ1) is 20.8. The molecule has 1 atom stereocenters. The molecule has 2 aromatic carbocycles. The molecule has 1 amide bonds. The van der Waals surface area contributed by atoms with E-state index in [0.717, 1.165) is 41.7 Å². The van der Waals surface area contributed by atoms with Crippen molar-refractivity contribution in [1.29, 1.82) is 0 Å². The fourth-order valence-electron chi connectivity index (χ4n) is 5.46. The van der Waals surface area contributed by atoms with Crippen LogP contribution in [0.25, 0.3) is 11.3 Å². The molecule has 2 fully saturated rings. The first kappa shape index (κ1) is 31.8. The lowest BCUT2D eigenvalue weighted by Crippen LogP contribution is -2.49. The van der Waals surface area contributed by atoms with E-state index in [1.54, 1.807) is 6.07 Å². The van der Waals surface area contributed by atoms with Gasteiger partial charge < -0.3 is 10.2 Å². The summed E-state index contributed by atoms with van der Waals surface area (Å²) in [6.07, 6.45) is -3.67. The van der Waals surface area contributed by atoms with Crippen LogP contribution in [0.3, 0.4) is 0 Å². The van der Waals surface area contributed by atoms with E-state index in [4.69, 9.17) is 0 Å². The van der Waals surface area contributed by atoms with Crippen molar-refractivity contribution in [2.45, 2.75) is 56.4 Å². The minimum absolute atomic E-state index is 0.0467. The van der Waals surface area contributed by atoms with E-state index in [2.05, 4.69) is 34.0 Å². The number of carbonyl (C=O) groups is 1. The van der Waals surface area contributed by atoms with Gasteiger partial charge in [-0.05, 0) is 69.2 Å². The van der Waals surface area contributed by atoms with Crippen LogP contribution in [0.1, 0.15) is 37.9 Å². The quantitative estimate of drug-likeness (QED) is 0.369. The van der Waals surface area contributed by atoms with Gasteiger partial charge in [0.05, 0.1) is 28.4 Å². The van der Waals surface area contributed by atoms with E-state index in [1.807, 2.05) is 4.90 Å². The Morgan fingerprint density at radius 1 is 0.977 bits per heavy atom. The first-order valence-corrected chi connectivity index (χ1v) is 15.9. The van der Waals surface area contributed by atoms with Crippen LogP contribution >= 0.6 is 0 Å². The van der Waals surface area contributed by atoms with Gasteiger partial charge in [0.25, 0.3) is 0 Å². The number of amides is 1. The summed E-state index contributed by atoms with van der Waals surface area (Å²) in [7, 11) is -4.03. The molecule has 0 saturated carbocycles. The van der Waals surface area contributed by atoms with Gasteiger partial charge in [0.2, 0.25) is 21.9 Å². The molecular formula is C30H34F4N6O3S. The molecule has 2 saturated heterocycles. The summed E-state index contributed by atoms with van der Waals surface area (Å²) in [4.78, 5) is 26.9. The van der Waals surface area contributed by atoms with Crippen LogP contribution in [-0.2, 0) is 27.5 Å². The number of piperazine rings is 1. The van der Waals surface area contributed by atoms with Crippen molar-refractivity contribution in [2.75, 3.05) is 37.6 Å². The summed E-state index contributed by atoms with van der Waals surface area (Å²) in [5, 5.41) is 2.79. The number of alkyl halides is 3. The van der Waals surface area contributed by atoms with E-state index in [9.17, 15) is 30.8 Å². The SMILES string of the molecule is CC(C)N1CCN(c2nc(CNC(=O)[C@@H]3CCCN3S(=O)(=O)c3ccc(F)cc3)cc(-c3ccc(C(F)(F)F)cc3)n2)CC1. The molecule has 0 spiro atoms. The van der Waals surface area contributed by atoms with E-state index in [-0.39, 0.29) is 18.0 Å². The average molecular weight is 635 g/mol. The monoisotopic (exact) mass is 634 g/mol. The maximum absolute atomic E-state index is 13.4. The van der Waals surface area contributed by atoms with E-state index < -0.39 is 39.5 Å². The molecule has 44 heavy (non-hydrogen) atoms. The number of hydrogen-bond acceptors (Lipinski definition) is 7. The lowest BCUT2D eigenvalue weighted by atomic mass is 10.1. The number of benzene rings is 2. The molecule has 0 radical (unpaired) electrons. The molecule has 0 aliphatic carbocycles. The molecule has 3 aromatic rings. The Balaban J connectivity index is 1.37. The molecule has 14 heteroatoms. The minimum atomic E-state index is -4.47. The maximum atomic E-state index is 13.4. The maximum Gasteiger partial charge on any atom is 0.416 e. The number of halogens is 4. The number of anilines is 1. The van der Waals surface area contributed by atoms with Crippen LogP contribution in [0.4, 0.5) is 23.5 Å². The number of aromatic nitrogens is 2. The zero-order valence-corrected chi connectivity index (χ0v) is 25.2. The third-order valence-electron chi connectivity index (χ3n) is 7.97. The van der Waals surface area contributed by atoms with Gasteiger partial charge in [-0.3, -0.25) is 9.69 Å². The normalized spacial score (nSPS) is 18.6. The first-order valence-electron chi connectivity index (χ1n) is 14.4. The van der Waals surface area contributed by atoms with Gasteiger partial charge in [0.1, 0.15) is 11.9 Å². The number of nitrogens with one attached hydrogen (secondary N) is 1. The number of rotatable bonds is 8. The number of carbonyl (C=O) groups excluding carboxylic acids is 1. The second-order valence-corrected chi connectivity index (χ2v) is 13.1. The smallest absolute Gasteiger partial charge is 0.349 e. The van der Waals surface area contributed by atoms with Crippen LogP contribution in [0.15, 0.2) is 59.5 Å². The minimum Gasteiger partial charge on any atom is -0.349 e. The van der Waals surface area contributed by atoms with Gasteiger partial charge in [0.15, 0.2) is 0 Å². The third-order valence-corrected chi connectivity index (χ3v) is 9.90. The summed E-state index contributed by atoms with van der Waals surface area (Å²) in [5.41, 5.74) is 0.517. The van der Waals surface area contributed by atoms with Crippen molar-refractivity contribution in [3.8, 4) is 11.3 Å². The average Bonchev–Trinajstić information content (AvgIpc) is 3.51. The van der Waals surface area contributed by atoms with Crippen molar-refractivity contribution < 1.29 is 30.8 Å². The number of sulfonamides is 1. The molecule has 2 aliphatic heterocycles. The highest BCUT2D eigenvalue weighted by molar-refractivity contribution is 7.89. The van der Waals surface area contributed by atoms with Gasteiger partial charge in [-0.1, -0.05) is 12.1 Å². The van der Waals surface area contributed by atoms with Crippen molar-refractivity contribution in [1.82, 2.24) is 24.5 Å². The Labute approximate surface area is 253 Å². The van der Waals surface area contributed by atoms with Gasteiger partial charge >= 0.3 is 6.18 Å². The number of nitrogens with zero attached hydrogens (tertiary/aromatic N) is 5. The molecule has 1 aromatic heterocycles. The third kappa shape index (κ3) is 7.02. The van der Waals surface area contributed by atoms with Crippen molar-refractivity contribution in [3.63, 3.8) is 0 Å². The topological polar surface area (TPSA) is 98.7 Å². The van der Waals surface area contributed by atoms with Gasteiger partial charge in [-0.15, -0.1) is 0 Å². The highest BCUT2D eigenvalue weighted by Crippen LogP contribution is 2.31. The molecule has 2 aliphatic rings. The Morgan fingerprint density at radius 2 is 1.64 bits per heavy atom. The Morgan fingerprint density at radius 3 is 2.25 bits per heavy atom. The molecular weight excluding hydrogens is 600 g/mol. The fourth-order valence-corrected chi connectivity index (χ4v) is 7.12. The van der Waals surface area contributed by atoms with Crippen LogP contribution in [0, 0.1) is 5.82 Å². The Hall–Kier alpha value is -3.62. The van der Waals surface area contributed by atoms with Gasteiger partial charge in [-0.2, -0.15) is 17.5 Å². The molecule has 0 unspecified atom stereocenters. The lowest BCUT2D eigenvalue weighted by molar-refractivity contribution is -0.137. The molecule has 9 nitrogen and oxygen atoms in total. The summed E-state index contributed by atoms with van der Waals surface area (Å²) < 4.78 is 80.5. The van der Waals surface area contributed by atoms with Crippen molar-refractivity contribution in [3.05, 3.63) is 71.7 Å². The zero-order valence-electron chi connectivity index (χ0n) is 24.4. The van der Waals surface area contributed by atoms with Crippen LogP contribution in [0.5, 0.6) is 0 Å². The highest BCUT2D eigenvalue weighted by atomic mass is 32.2. The van der Waals surface area contributed by atoms with Gasteiger partial charge in [-0.25, -0.2) is 22.8 Å². The lowest BCUT2D eigenvalue weighted by Gasteiger charge is -2.37. The second-order valence-electron chi connectivity index (χ2n) is 11.2. The van der Waals surface area contributed by atoms with Gasteiger partial charge in [0, 0.05) is 44.3 Å². The second kappa shape index (κ2) is 12.8. The largest absolute Gasteiger partial charge is 0.416 e. The van der Waals surface area contributed by atoms with E-state index >= 15 is 0 Å². The predicted molar refractivity (Wildman–Crippen MR) is 157 cm³/mol. The predicted octanol–water partition coefficient (Wildman–Crippen LogP) is 4.30. The van der Waals surface area contributed by atoms with E-state index in [1.165, 1.54) is 24.3 Å². The summed E-state index contributed by atoms with van der Waals surface area (Å²) >= 11 is 0. The van der Waals surface area contributed by atoms with Crippen LogP contribution in [0.2, 0.25) is 0 Å². The summed E-state index contributed by atoms with van der Waals surface area (Å²) in [6.45, 7) is 7.22. The van der Waals surface area contributed by atoms with Crippen molar-refractivity contribution in [2.24, 2.45) is 0 Å². The molecule has 5 rings (SSSR count). The standard InChI is InChI=1S/C30H34F4N6O3S/c1-20(2)38-14-16-39(17-15-38)29-36-24(18-26(37-29)21-5-7-22(8-6-21)30(32,33)34)19-35-28(41)27-4-3-13-40(27)44(42,43)25-11-9-23(31)10-12-25/h5-12,18,20,27H,3-4,13-17,19H2,1-2H3,(H,35,41)/t27-/m0/s1. The van der Waals surface area contributed by atoms with Crippen LogP contribution in [-0.4, -0.2) is 78.3 Å². The zero-order chi connectivity index (χ0) is 31.6. The van der Waals surface area contributed by atoms with Crippen LogP contribution < -0.4 is 10.2 Å². The fraction of sp³-hybridized carbons (Fsp3) is 0.433. The Bertz CT molecular complexity index is 1580. The summed E-state index contributed by atoms with van der Waals surface area (Å²) in [6, 6.07) is 10.2. The summed E-state index contributed by atoms with van der Waals surface area (Å²) in [5.74, 6) is -0.673. The molecule has 0 bridgehead atoms. The Kier molecular flexibility index (Phi) is 9.23. The molecule has 236 valence electrons.